The molecule has 112 valence electrons. The second-order valence-corrected chi connectivity index (χ2v) is 6.12. The molecule has 3 rings (SSSR count). The Morgan fingerprint density at radius 3 is 2.71 bits per heavy atom. The average molecular weight is 286 g/mol. The molecule has 1 N–H and O–H groups in total. The lowest BCUT2D eigenvalue weighted by Gasteiger charge is -2.30. The molecule has 1 saturated carbocycles. The Morgan fingerprint density at radius 2 is 1.95 bits per heavy atom. The molecular formula is C16H22N4O. The van der Waals surface area contributed by atoms with E-state index in [1.54, 1.807) is 4.80 Å². The molecule has 0 saturated heterocycles. The molecule has 0 bridgehead atoms. The molecule has 1 aromatic carbocycles. The highest BCUT2D eigenvalue weighted by molar-refractivity contribution is 5.27. The predicted octanol–water partition coefficient (Wildman–Crippen LogP) is 2.27. The molecule has 1 aliphatic rings. The third kappa shape index (κ3) is 3.47. The van der Waals surface area contributed by atoms with Gasteiger partial charge in [-0.25, -0.2) is 0 Å². The number of hydrogen-bond donors (Lipinski definition) is 1. The van der Waals surface area contributed by atoms with Crippen LogP contribution in [0.4, 0.5) is 0 Å². The molecule has 0 spiro atoms. The van der Waals surface area contributed by atoms with Crippen molar-refractivity contribution in [3.8, 4) is 0 Å². The highest BCUT2D eigenvalue weighted by Gasteiger charge is 2.30. The summed E-state index contributed by atoms with van der Waals surface area (Å²) < 4.78 is 0. The van der Waals surface area contributed by atoms with Crippen LogP contribution in [0.1, 0.15) is 49.1 Å². The number of aliphatic hydroxyl groups is 1. The highest BCUT2D eigenvalue weighted by atomic mass is 16.3. The molecule has 0 unspecified atom stereocenters. The molecule has 0 radical (unpaired) electrons. The minimum Gasteiger partial charge on any atom is -0.388 e. The predicted molar refractivity (Wildman–Crippen MR) is 79.8 cm³/mol. The summed E-state index contributed by atoms with van der Waals surface area (Å²) in [5, 5.41) is 23.2. The molecule has 1 fully saturated rings. The Hall–Kier alpha value is -1.75. The van der Waals surface area contributed by atoms with Crippen molar-refractivity contribution >= 4 is 0 Å². The first-order valence-corrected chi connectivity index (χ1v) is 7.68. The molecule has 0 amide bonds. The van der Waals surface area contributed by atoms with Crippen LogP contribution in [0.25, 0.3) is 0 Å². The van der Waals surface area contributed by atoms with Crippen LogP contribution in [0.2, 0.25) is 0 Å². The van der Waals surface area contributed by atoms with E-state index in [0.29, 0.717) is 18.8 Å². The van der Waals surface area contributed by atoms with Crippen LogP contribution in [-0.4, -0.2) is 30.9 Å². The van der Waals surface area contributed by atoms with Crippen LogP contribution in [-0.2, 0) is 13.0 Å². The minimum absolute atomic E-state index is 0.452. The summed E-state index contributed by atoms with van der Waals surface area (Å²) in [6.45, 7) is 2.54. The van der Waals surface area contributed by atoms with E-state index >= 15 is 0 Å². The zero-order valence-electron chi connectivity index (χ0n) is 12.5. The summed E-state index contributed by atoms with van der Waals surface area (Å²) in [6, 6.07) is 8.23. The summed E-state index contributed by atoms with van der Waals surface area (Å²) >= 11 is 0. The van der Waals surface area contributed by atoms with Crippen molar-refractivity contribution in [1.29, 1.82) is 0 Å². The number of tetrazole rings is 1. The van der Waals surface area contributed by atoms with Gasteiger partial charge in [-0.15, -0.1) is 10.2 Å². The first kappa shape index (κ1) is 14.2. The average Bonchev–Trinajstić information content (AvgIpc) is 2.89. The van der Waals surface area contributed by atoms with Gasteiger partial charge in [0.05, 0.1) is 12.1 Å². The van der Waals surface area contributed by atoms with Crippen molar-refractivity contribution in [3.05, 3.63) is 41.2 Å². The summed E-state index contributed by atoms with van der Waals surface area (Å²) in [7, 11) is 0. The summed E-state index contributed by atoms with van der Waals surface area (Å²) in [4.78, 5) is 1.55. The van der Waals surface area contributed by atoms with Gasteiger partial charge in [0.25, 0.3) is 0 Å². The third-order valence-electron chi connectivity index (χ3n) is 4.32. The van der Waals surface area contributed by atoms with Gasteiger partial charge in [0.1, 0.15) is 0 Å². The van der Waals surface area contributed by atoms with E-state index in [4.69, 9.17) is 0 Å². The molecule has 0 aliphatic heterocycles. The van der Waals surface area contributed by atoms with Crippen molar-refractivity contribution in [2.24, 2.45) is 0 Å². The molecule has 1 heterocycles. The van der Waals surface area contributed by atoms with E-state index in [2.05, 4.69) is 34.5 Å². The number of aromatic nitrogens is 4. The molecule has 1 aromatic heterocycles. The fraction of sp³-hybridized carbons (Fsp3) is 0.562. The zero-order valence-corrected chi connectivity index (χ0v) is 12.5. The number of aryl methyl sites for hydroxylation is 1. The molecular weight excluding hydrogens is 264 g/mol. The molecule has 5 heteroatoms. The molecule has 2 aromatic rings. The van der Waals surface area contributed by atoms with Crippen LogP contribution < -0.4 is 0 Å². The van der Waals surface area contributed by atoms with E-state index < -0.39 is 5.60 Å². The van der Waals surface area contributed by atoms with Crippen LogP contribution in [0, 0.1) is 6.92 Å². The van der Waals surface area contributed by atoms with Crippen LogP contribution in [0.3, 0.4) is 0 Å². The fourth-order valence-corrected chi connectivity index (χ4v) is 3.02. The van der Waals surface area contributed by atoms with Gasteiger partial charge in [0.2, 0.25) is 0 Å². The second kappa shape index (κ2) is 5.93. The van der Waals surface area contributed by atoms with Crippen molar-refractivity contribution in [1.82, 2.24) is 20.2 Å². The van der Waals surface area contributed by atoms with Crippen LogP contribution in [0.15, 0.2) is 24.3 Å². The van der Waals surface area contributed by atoms with Gasteiger partial charge in [-0.1, -0.05) is 43.5 Å². The standard InChI is InChI=1S/C16H22N4O/c1-13-7-3-4-8-14(13)11-15-17-19-20(18-15)12-16(21)9-5-2-6-10-16/h3-4,7-8,21H,2,5-6,9-12H2,1H3. The molecule has 0 atom stereocenters. The van der Waals surface area contributed by atoms with Gasteiger partial charge in [-0.3, -0.25) is 0 Å². The largest absolute Gasteiger partial charge is 0.388 e. The van der Waals surface area contributed by atoms with Gasteiger partial charge in [-0.05, 0) is 36.1 Å². The lowest BCUT2D eigenvalue weighted by Crippen LogP contribution is -2.37. The maximum absolute atomic E-state index is 10.5. The van der Waals surface area contributed by atoms with Gasteiger partial charge in [0, 0.05) is 6.42 Å². The molecule has 21 heavy (non-hydrogen) atoms. The van der Waals surface area contributed by atoms with E-state index in [9.17, 15) is 5.11 Å². The number of benzene rings is 1. The van der Waals surface area contributed by atoms with E-state index in [1.165, 1.54) is 17.5 Å². The van der Waals surface area contributed by atoms with Crippen LogP contribution >= 0.6 is 0 Å². The van der Waals surface area contributed by atoms with Crippen molar-refractivity contribution in [3.63, 3.8) is 0 Å². The number of rotatable bonds is 4. The third-order valence-corrected chi connectivity index (χ3v) is 4.32. The van der Waals surface area contributed by atoms with E-state index in [1.807, 2.05) is 12.1 Å². The second-order valence-electron chi connectivity index (χ2n) is 6.12. The lowest BCUT2D eigenvalue weighted by atomic mass is 9.85. The Bertz CT molecular complexity index is 602. The van der Waals surface area contributed by atoms with Gasteiger partial charge in [0.15, 0.2) is 5.82 Å². The Morgan fingerprint density at radius 1 is 1.19 bits per heavy atom. The summed E-state index contributed by atoms with van der Waals surface area (Å²) in [5.74, 6) is 0.712. The Labute approximate surface area is 125 Å². The SMILES string of the molecule is Cc1ccccc1Cc1nnn(CC2(O)CCCCC2)n1. The monoisotopic (exact) mass is 286 g/mol. The summed E-state index contributed by atoms with van der Waals surface area (Å²) in [6.07, 6.45) is 5.74. The van der Waals surface area contributed by atoms with E-state index in [0.717, 1.165) is 25.7 Å². The van der Waals surface area contributed by atoms with Crippen molar-refractivity contribution in [2.75, 3.05) is 0 Å². The lowest BCUT2D eigenvalue weighted by molar-refractivity contribution is -0.0180. The first-order valence-electron chi connectivity index (χ1n) is 7.68. The van der Waals surface area contributed by atoms with Gasteiger partial charge >= 0.3 is 0 Å². The first-order chi connectivity index (χ1) is 10.1. The number of hydrogen-bond acceptors (Lipinski definition) is 4. The smallest absolute Gasteiger partial charge is 0.179 e. The maximum Gasteiger partial charge on any atom is 0.179 e. The number of nitrogens with zero attached hydrogens (tertiary/aromatic N) is 4. The zero-order chi connectivity index (χ0) is 14.7. The van der Waals surface area contributed by atoms with Gasteiger partial charge in [-0.2, -0.15) is 4.80 Å². The van der Waals surface area contributed by atoms with Crippen molar-refractivity contribution in [2.45, 2.75) is 57.6 Å². The Kier molecular flexibility index (Phi) is 4.01. The molecule has 5 nitrogen and oxygen atoms in total. The fourth-order valence-electron chi connectivity index (χ4n) is 3.02. The van der Waals surface area contributed by atoms with Crippen molar-refractivity contribution < 1.29 is 5.11 Å². The van der Waals surface area contributed by atoms with E-state index in [-0.39, 0.29) is 0 Å². The summed E-state index contributed by atoms with van der Waals surface area (Å²) in [5.41, 5.74) is 1.80. The van der Waals surface area contributed by atoms with Gasteiger partial charge < -0.3 is 5.11 Å². The molecule has 1 aliphatic carbocycles. The highest BCUT2D eigenvalue weighted by Crippen LogP contribution is 2.28. The minimum atomic E-state index is -0.654. The topological polar surface area (TPSA) is 63.8 Å². The normalized spacial score (nSPS) is 17.8. The van der Waals surface area contributed by atoms with Crippen LogP contribution in [0.5, 0.6) is 0 Å². The maximum atomic E-state index is 10.5. The Balaban J connectivity index is 1.67. The quantitative estimate of drug-likeness (QED) is 0.936.